The van der Waals surface area contributed by atoms with Crippen molar-refractivity contribution in [3.8, 4) is 0 Å². The summed E-state index contributed by atoms with van der Waals surface area (Å²) < 4.78 is 0.490. The molecular weight excluding hydrogens is 322 g/mol. The van der Waals surface area contributed by atoms with Crippen LogP contribution in [0.3, 0.4) is 0 Å². The summed E-state index contributed by atoms with van der Waals surface area (Å²) in [5.41, 5.74) is 2.69. The summed E-state index contributed by atoms with van der Waals surface area (Å²) in [6.45, 7) is 3.21. The predicted molar refractivity (Wildman–Crippen MR) is 110 cm³/mol. The average molecular weight is 363 g/mol. The Morgan fingerprint density at radius 3 is 1.88 bits per heavy atom. The molecule has 3 heteroatoms. The number of hydrogen-bond donors (Lipinski definition) is 1. The van der Waals surface area contributed by atoms with Crippen molar-refractivity contribution in [2.24, 2.45) is 0 Å². The third-order valence-corrected chi connectivity index (χ3v) is 5.08. The van der Waals surface area contributed by atoms with Crippen molar-refractivity contribution >= 4 is 5.97 Å². The number of unbranched alkanes of at least 4 members (excludes halogenated alkanes) is 9. The Balaban J connectivity index is 2.28. The fourth-order valence-corrected chi connectivity index (χ4v) is 3.64. The third kappa shape index (κ3) is 10.6. The Morgan fingerprint density at radius 2 is 1.35 bits per heavy atom. The molecule has 0 fully saturated rings. The summed E-state index contributed by atoms with van der Waals surface area (Å²) in [5.74, 6) is -0.734. The molecule has 0 heterocycles. The van der Waals surface area contributed by atoms with Crippen LogP contribution in [-0.4, -0.2) is 36.2 Å². The summed E-state index contributed by atoms with van der Waals surface area (Å²) in [6.07, 6.45) is 14.7. The van der Waals surface area contributed by atoms with Crippen molar-refractivity contribution in [1.29, 1.82) is 0 Å². The number of benzene rings is 1. The summed E-state index contributed by atoms with van der Waals surface area (Å²) in [7, 11) is 3.98. The molecule has 26 heavy (non-hydrogen) atoms. The second-order valence-electron chi connectivity index (χ2n) is 8.35. The Labute approximate surface area is 161 Å². The number of nitrogens with zero attached hydrogens (tertiary/aromatic N) is 1. The van der Waals surface area contributed by atoms with Crippen LogP contribution < -0.4 is 0 Å². The highest BCUT2D eigenvalue weighted by Crippen LogP contribution is 2.18. The molecule has 0 spiro atoms. The molecule has 1 aromatic carbocycles. The molecule has 3 nitrogen and oxygen atoms in total. The molecule has 0 aliphatic carbocycles. The van der Waals surface area contributed by atoms with Gasteiger partial charge in [-0.05, 0) is 18.4 Å². The molecule has 0 aromatic heterocycles. The van der Waals surface area contributed by atoms with E-state index in [1.165, 1.54) is 75.3 Å². The van der Waals surface area contributed by atoms with E-state index in [9.17, 15) is 4.79 Å². The minimum Gasteiger partial charge on any atom is -0.477 e. The lowest BCUT2D eigenvalue weighted by Crippen LogP contribution is -2.43. The lowest BCUT2D eigenvalue weighted by atomic mass is 9.99. The summed E-state index contributed by atoms with van der Waals surface area (Å²) >= 11 is 0. The van der Waals surface area contributed by atoms with Crippen LogP contribution in [0.5, 0.6) is 0 Å². The van der Waals surface area contributed by atoms with Gasteiger partial charge < -0.3 is 9.59 Å². The van der Waals surface area contributed by atoms with Gasteiger partial charge in [0.15, 0.2) is 6.54 Å². The van der Waals surface area contributed by atoms with Crippen LogP contribution in [-0.2, 0) is 17.8 Å². The second kappa shape index (κ2) is 12.9. The van der Waals surface area contributed by atoms with Crippen LogP contribution >= 0.6 is 0 Å². The molecule has 0 unspecified atom stereocenters. The normalized spacial score (nSPS) is 11.7. The number of carboxylic acids is 1. The Hall–Kier alpha value is -1.35. The Bertz CT molecular complexity index is 511. The Morgan fingerprint density at radius 1 is 0.846 bits per heavy atom. The van der Waals surface area contributed by atoms with E-state index in [0.29, 0.717) is 4.48 Å². The number of quaternary nitrogens is 1. The van der Waals surface area contributed by atoms with Crippen LogP contribution in [0.2, 0.25) is 0 Å². The molecule has 148 valence electrons. The minimum atomic E-state index is -0.734. The standard InChI is InChI=1S/C23H39NO2/c1-4-5-6-7-8-9-10-11-12-13-16-21-17-14-15-18-22(21)19-24(2,3)20-23(25)26/h14-15,17-18H,4-13,16,19-20H2,1-3H3/p+1. The number of aliphatic carboxylic acids is 1. The molecule has 1 N–H and O–H groups in total. The van der Waals surface area contributed by atoms with Crippen LogP contribution in [0.25, 0.3) is 0 Å². The van der Waals surface area contributed by atoms with Gasteiger partial charge in [-0.1, -0.05) is 89.0 Å². The second-order valence-corrected chi connectivity index (χ2v) is 8.35. The van der Waals surface area contributed by atoms with Gasteiger partial charge in [-0.3, -0.25) is 0 Å². The van der Waals surface area contributed by atoms with E-state index >= 15 is 0 Å². The highest BCUT2D eigenvalue weighted by Gasteiger charge is 2.21. The lowest BCUT2D eigenvalue weighted by Gasteiger charge is -2.28. The van der Waals surface area contributed by atoms with Gasteiger partial charge in [0.1, 0.15) is 6.54 Å². The third-order valence-electron chi connectivity index (χ3n) is 5.08. The minimum absolute atomic E-state index is 0.159. The maximum atomic E-state index is 11.0. The zero-order valence-electron chi connectivity index (χ0n) is 17.3. The fraction of sp³-hybridized carbons (Fsp3) is 0.696. The van der Waals surface area contributed by atoms with Gasteiger partial charge in [0.25, 0.3) is 0 Å². The highest BCUT2D eigenvalue weighted by atomic mass is 16.4. The van der Waals surface area contributed by atoms with Gasteiger partial charge in [-0.15, -0.1) is 0 Å². The number of likely N-dealkylation sites (N-methyl/N-ethyl adjacent to an activating group) is 1. The van der Waals surface area contributed by atoms with E-state index in [0.717, 1.165) is 13.0 Å². The molecule has 0 amide bonds. The first-order valence-corrected chi connectivity index (χ1v) is 10.5. The predicted octanol–water partition coefficient (Wildman–Crippen LogP) is 5.81. The van der Waals surface area contributed by atoms with Crippen LogP contribution in [0.1, 0.15) is 82.3 Å². The molecular formula is C23H40NO2+. The number of carboxylic acid groups (broad SMARTS) is 1. The van der Waals surface area contributed by atoms with Gasteiger partial charge in [-0.25, -0.2) is 4.79 Å². The van der Waals surface area contributed by atoms with Gasteiger partial charge >= 0.3 is 5.97 Å². The van der Waals surface area contributed by atoms with Crippen molar-refractivity contribution in [3.05, 3.63) is 35.4 Å². The SMILES string of the molecule is CCCCCCCCCCCCc1ccccc1C[N+](C)(C)CC(=O)O. The molecule has 0 radical (unpaired) electrons. The number of aryl methyl sites for hydroxylation is 1. The van der Waals surface area contributed by atoms with Crippen molar-refractivity contribution in [1.82, 2.24) is 0 Å². The molecule has 0 aliphatic rings. The van der Waals surface area contributed by atoms with Crippen LogP contribution in [0.15, 0.2) is 24.3 Å². The maximum absolute atomic E-state index is 11.0. The van der Waals surface area contributed by atoms with Crippen molar-refractivity contribution < 1.29 is 14.4 Å². The zero-order valence-corrected chi connectivity index (χ0v) is 17.3. The van der Waals surface area contributed by atoms with Gasteiger partial charge in [0.2, 0.25) is 0 Å². The molecule has 0 saturated carbocycles. The molecule has 0 atom stereocenters. The first-order chi connectivity index (χ1) is 12.4. The van der Waals surface area contributed by atoms with Crippen molar-refractivity contribution in [2.75, 3.05) is 20.6 Å². The van der Waals surface area contributed by atoms with E-state index in [-0.39, 0.29) is 6.54 Å². The van der Waals surface area contributed by atoms with Gasteiger partial charge in [0, 0.05) is 5.56 Å². The smallest absolute Gasteiger partial charge is 0.359 e. The fourth-order valence-electron chi connectivity index (χ4n) is 3.64. The number of rotatable bonds is 15. The first kappa shape index (κ1) is 22.7. The monoisotopic (exact) mass is 362 g/mol. The molecule has 1 aromatic rings. The first-order valence-electron chi connectivity index (χ1n) is 10.5. The number of carbonyl (C=O) groups is 1. The largest absolute Gasteiger partial charge is 0.477 e. The molecule has 0 saturated heterocycles. The number of hydrogen-bond acceptors (Lipinski definition) is 1. The molecule has 0 bridgehead atoms. The lowest BCUT2D eigenvalue weighted by molar-refractivity contribution is -0.896. The van der Waals surface area contributed by atoms with Crippen LogP contribution in [0, 0.1) is 0 Å². The molecule has 1 rings (SSSR count). The summed E-state index contributed by atoms with van der Waals surface area (Å²) in [4.78, 5) is 11.0. The summed E-state index contributed by atoms with van der Waals surface area (Å²) in [5, 5.41) is 9.09. The van der Waals surface area contributed by atoms with E-state index in [4.69, 9.17) is 5.11 Å². The van der Waals surface area contributed by atoms with E-state index in [1.54, 1.807) is 0 Å². The van der Waals surface area contributed by atoms with E-state index < -0.39 is 5.97 Å². The quantitative estimate of drug-likeness (QED) is 0.316. The average Bonchev–Trinajstić information content (AvgIpc) is 2.56. The zero-order chi connectivity index (χ0) is 19.3. The summed E-state index contributed by atoms with van der Waals surface area (Å²) in [6, 6.07) is 8.54. The van der Waals surface area contributed by atoms with E-state index in [2.05, 4.69) is 31.2 Å². The maximum Gasteiger partial charge on any atom is 0.359 e. The van der Waals surface area contributed by atoms with Crippen LogP contribution in [0.4, 0.5) is 0 Å². The topological polar surface area (TPSA) is 37.3 Å². The van der Waals surface area contributed by atoms with E-state index in [1.807, 2.05) is 14.1 Å². The van der Waals surface area contributed by atoms with Crippen molar-refractivity contribution in [3.63, 3.8) is 0 Å². The Kier molecular flexibility index (Phi) is 11.3. The molecule has 0 aliphatic heterocycles. The highest BCUT2D eigenvalue weighted by molar-refractivity contribution is 5.67. The van der Waals surface area contributed by atoms with Crippen molar-refractivity contribution in [2.45, 2.75) is 84.1 Å². The van der Waals surface area contributed by atoms with Gasteiger partial charge in [-0.2, -0.15) is 0 Å². The van der Waals surface area contributed by atoms with Gasteiger partial charge in [0.05, 0.1) is 14.1 Å².